The zero-order valence-electron chi connectivity index (χ0n) is 25.4. The first-order chi connectivity index (χ1) is 22.7. The molecule has 50 heavy (non-hydrogen) atoms. The Labute approximate surface area is 282 Å². The van der Waals surface area contributed by atoms with E-state index in [4.69, 9.17) is 25.0 Å². The lowest BCUT2D eigenvalue weighted by Gasteiger charge is -2.56. The van der Waals surface area contributed by atoms with Crippen LogP contribution in [0.1, 0.15) is 57.1 Å². The Hall–Kier alpha value is -3.38. The summed E-state index contributed by atoms with van der Waals surface area (Å²) in [5, 5.41) is 9.23. The predicted molar refractivity (Wildman–Crippen MR) is 162 cm³/mol. The van der Waals surface area contributed by atoms with E-state index >= 15 is 13.2 Å². The molecule has 6 rings (SSSR count). The van der Waals surface area contributed by atoms with Crippen molar-refractivity contribution in [2.24, 2.45) is 17.8 Å². The Morgan fingerprint density at radius 2 is 1.16 bits per heavy atom. The van der Waals surface area contributed by atoms with Crippen molar-refractivity contribution >= 4 is 21.5 Å². The molecular weight excluding hydrogens is 711 g/mol. The molecule has 2 unspecified atom stereocenters. The Morgan fingerprint density at radius 3 is 1.58 bits per heavy atom. The minimum Gasteiger partial charge on any atom is -0.487 e. The molecule has 0 heterocycles. The van der Waals surface area contributed by atoms with E-state index in [1.165, 1.54) is 0 Å². The van der Waals surface area contributed by atoms with Gasteiger partial charge < -0.3 is 14.2 Å². The third kappa shape index (κ3) is 8.73. The molecule has 4 bridgehead atoms. The fourth-order valence-corrected chi connectivity index (χ4v) is 7.95. The van der Waals surface area contributed by atoms with Crippen LogP contribution in [-0.2, 0) is 19.0 Å². The summed E-state index contributed by atoms with van der Waals surface area (Å²) < 4.78 is 169. The van der Waals surface area contributed by atoms with E-state index in [-0.39, 0.29) is 13.2 Å². The molecule has 2 N–H and O–H groups in total. The van der Waals surface area contributed by atoms with Crippen LogP contribution in [0.25, 0.3) is 0 Å². The van der Waals surface area contributed by atoms with Gasteiger partial charge in [-0.05, 0) is 105 Å². The normalized spacial score (nSPS) is 24.6. The van der Waals surface area contributed by atoms with Gasteiger partial charge in [-0.25, -0.2) is 8.57 Å². The van der Waals surface area contributed by atoms with Crippen molar-refractivity contribution in [2.45, 2.75) is 81.6 Å². The van der Waals surface area contributed by atoms with Gasteiger partial charge in [-0.2, -0.15) is 43.5 Å². The molecular formula is C32H35F9N2O6S. The third-order valence-corrected chi connectivity index (χ3v) is 10.3. The fraction of sp³-hybridized carbons (Fsp3) is 0.562. The van der Waals surface area contributed by atoms with Crippen LogP contribution in [0.4, 0.5) is 39.5 Å². The van der Waals surface area contributed by atoms with Crippen LogP contribution in [0.5, 0.6) is 11.5 Å². The molecule has 2 atom stereocenters. The summed E-state index contributed by atoms with van der Waals surface area (Å²) in [6, 6.07) is 6.85. The Kier molecular flexibility index (Phi) is 11.3. The van der Waals surface area contributed by atoms with Gasteiger partial charge in [-0.15, -0.1) is 0 Å². The maximum Gasteiger partial charge on any atom is 0.433 e. The maximum absolute atomic E-state index is 15.2. The smallest absolute Gasteiger partial charge is 0.433 e. The van der Waals surface area contributed by atoms with E-state index in [1.807, 2.05) is 0 Å². The lowest BCUT2D eigenvalue weighted by molar-refractivity contribution is -0.181. The molecule has 0 aliphatic heterocycles. The Balaban J connectivity index is 0.00000562. The van der Waals surface area contributed by atoms with Crippen LogP contribution >= 0.6 is 0 Å². The molecule has 2 aromatic rings. The highest BCUT2D eigenvalue weighted by Gasteiger charge is 2.58. The monoisotopic (exact) mass is 746 g/mol. The SMILES string of the molecule is C.N=C(c1ccc(OCC(Oc2ccc(C(=N)C(F)(F)F)cc2)OS(=O)(=O)C(F)(F)C(F)COC23CC4CC(CC(C4)C2)C3)cc1)C(F)(F)F. The zero-order chi connectivity index (χ0) is 36.0. The lowest BCUT2D eigenvalue weighted by Crippen LogP contribution is -2.53. The van der Waals surface area contributed by atoms with Crippen molar-refractivity contribution in [3.05, 3.63) is 59.7 Å². The molecule has 2 aromatic carbocycles. The van der Waals surface area contributed by atoms with E-state index in [0.717, 1.165) is 67.8 Å². The number of alkyl halides is 9. The second kappa shape index (κ2) is 14.3. The Bertz CT molecular complexity index is 1600. The predicted octanol–water partition coefficient (Wildman–Crippen LogP) is 8.23. The fourth-order valence-electron chi connectivity index (χ4n) is 7.06. The summed E-state index contributed by atoms with van der Waals surface area (Å²) in [7, 11) is -6.17. The quantitative estimate of drug-likeness (QED) is 0.0871. The van der Waals surface area contributed by atoms with Gasteiger partial charge in [0.1, 0.15) is 22.9 Å². The first-order valence-electron chi connectivity index (χ1n) is 15.1. The maximum atomic E-state index is 15.2. The standard InChI is InChI=1S/C31H31F9N2O6S.CH4/c32-24(15-46-28-12-17-9-18(13-28)11-19(10-17)14-28)31(39,40)49(43,44)48-25(47-23-7-3-21(4-8-23)27(42)30(36,37)38)16-45-22-5-1-20(2-6-22)26(41)29(33,34)35;/h1-8,17-19,24-25,41-42H,9-16H2;1H4. The van der Waals surface area contributed by atoms with Crippen LogP contribution in [-0.4, -0.2) is 68.7 Å². The number of nitrogens with one attached hydrogen (secondary N) is 2. The van der Waals surface area contributed by atoms with Gasteiger partial charge in [0, 0.05) is 11.1 Å². The molecule has 4 aliphatic rings. The number of benzene rings is 2. The van der Waals surface area contributed by atoms with E-state index in [0.29, 0.717) is 37.0 Å². The minimum atomic E-state index is -6.17. The summed E-state index contributed by atoms with van der Waals surface area (Å²) in [6.45, 7) is -2.29. The third-order valence-electron chi connectivity index (χ3n) is 8.96. The highest BCUT2D eigenvalue weighted by molar-refractivity contribution is 7.87. The largest absolute Gasteiger partial charge is 0.487 e. The number of hydrogen-bond donors (Lipinski definition) is 2. The summed E-state index contributed by atoms with van der Waals surface area (Å²) in [5.41, 5.74) is -5.38. The molecule has 0 aromatic heterocycles. The van der Waals surface area contributed by atoms with Crippen molar-refractivity contribution in [3.63, 3.8) is 0 Å². The zero-order valence-corrected chi connectivity index (χ0v) is 26.2. The molecule has 8 nitrogen and oxygen atoms in total. The van der Waals surface area contributed by atoms with Gasteiger partial charge in [-0.1, -0.05) is 7.43 Å². The topological polar surface area (TPSA) is 119 Å². The van der Waals surface area contributed by atoms with Gasteiger partial charge in [0.2, 0.25) is 6.17 Å². The van der Waals surface area contributed by atoms with Crippen molar-refractivity contribution in [3.8, 4) is 11.5 Å². The molecule has 4 fully saturated rings. The van der Waals surface area contributed by atoms with E-state index in [2.05, 4.69) is 4.18 Å². The van der Waals surface area contributed by atoms with Crippen LogP contribution in [0.2, 0.25) is 0 Å². The Morgan fingerprint density at radius 1 is 0.740 bits per heavy atom. The first kappa shape index (κ1) is 39.4. The van der Waals surface area contributed by atoms with Gasteiger partial charge in [-0.3, -0.25) is 10.8 Å². The second-order valence-corrected chi connectivity index (χ2v) is 14.3. The molecule has 278 valence electrons. The average molecular weight is 747 g/mol. The molecule has 0 spiro atoms. The minimum absolute atomic E-state index is 0. The van der Waals surface area contributed by atoms with Crippen molar-refractivity contribution in [2.75, 3.05) is 13.2 Å². The molecule has 0 amide bonds. The van der Waals surface area contributed by atoms with E-state index < -0.39 is 87.3 Å². The summed E-state index contributed by atoms with van der Waals surface area (Å²) >= 11 is 0. The van der Waals surface area contributed by atoms with Crippen LogP contribution in [0.3, 0.4) is 0 Å². The number of hydrogen-bond acceptors (Lipinski definition) is 8. The number of halogens is 9. The van der Waals surface area contributed by atoms with E-state index in [1.54, 1.807) is 0 Å². The average Bonchev–Trinajstić information content (AvgIpc) is 3.00. The molecule has 4 aliphatic carbocycles. The van der Waals surface area contributed by atoms with Gasteiger partial charge >= 0.3 is 27.7 Å². The molecule has 18 heteroatoms. The lowest BCUT2D eigenvalue weighted by atomic mass is 9.54. The first-order valence-corrected chi connectivity index (χ1v) is 16.5. The summed E-state index contributed by atoms with van der Waals surface area (Å²) in [5.74, 6) is 0.311. The van der Waals surface area contributed by atoms with Gasteiger partial charge in [0.15, 0.2) is 6.61 Å². The van der Waals surface area contributed by atoms with Gasteiger partial charge in [0.05, 0.1) is 12.2 Å². The van der Waals surface area contributed by atoms with Crippen molar-refractivity contribution < 1.29 is 66.3 Å². The highest BCUT2D eigenvalue weighted by Crippen LogP contribution is 2.57. The van der Waals surface area contributed by atoms with Gasteiger partial charge in [0.25, 0.3) is 6.29 Å². The summed E-state index contributed by atoms with van der Waals surface area (Å²) in [4.78, 5) is 0. The summed E-state index contributed by atoms with van der Waals surface area (Å²) in [6.07, 6.45) is -11.0. The molecule has 4 saturated carbocycles. The van der Waals surface area contributed by atoms with Crippen LogP contribution in [0.15, 0.2) is 48.5 Å². The highest BCUT2D eigenvalue weighted by atomic mass is 32.2. The van der Waals surface area contributed by atoms with E-state index in [9.17, 15) is 34.8 Å². The van der Waals surface area contributed by atoms with Crippen molar-refractivity contribution in [1.29, 1.82) is 10.8 Å². The molecule has 0 saturated heterocycles. The van der Waals surface area contributed by atoms with Crippen molar-refractivity contribution in [1.82, 2.24) is 0 Å². The van der Waals surface area contributed by atoms with Crippen LogP contribution in [0, 0.1) is 28.6 Å². The number of ether oxygens (including phenoxy) is 3. The molecule has 0 radical (unpaired) electrons. The second-order valence-electron chi connectivity index (χ2n) is 12.6. The van der Waals surface area contributed by atoms with Crippen LogP contribution < -0.4 is 9.47 Å². The number of rotatable bonds is 14.